The van der Waals surface area contributed by atoms with Gasteiger partial charge in [-0.25, -0.2) is 9.97 Å². The van der Waals surface area contributed by atoms with Crippen LogP contribution in [-0.2, 0) is 16.0 Å². The maximum absolute atomic E-state index is 11.0. The lowest BCUT2D eigenvalue weighted by Gasteiger charge is -2.07. The lowest BCUT2D eigenvalue weighted by atomic mass is 10.3. The predicted octanol–water partition coefficient (Wildman–Crippen LogP) is 2.66. The van der Waals surface area contributed by atoms with Crippen LogP contribution in [0.4, 0.5) is 0 Å². The van der Waals surface area contributed by atoms with Crippen molar-refractivity contribution < 1.29 is 9.53 Å². The van der Waals surface area contributed by atoms with Crippen LogP contribution in [0.5, 0.6) is 0 Å². The Hall–Kier alpha value is -0.810. The summed E-state index contributed by atoms with van der Waals surface area (Å²) >= 11 is 7.51. The van der Waals surface area contributed by atoms with Crippen LogP contribution in [0.3, 0.4) is 0 Å². The first kappa shape index (κ1) is 14.3. The van der Waals surface area contributed by atoms with E-state index in [4.69, 9.17) is 11.6 Å². The van der Waals surface area contributed by atoms with Crippen molar-refractivity contribution in [3.05, 3.63) is 16.5 Å². The molecule has 0 atom stereocenters. The number of ether oxygens (including phenoxy) is 1. The van der Waals surface area contributed by atoms with Gasteiger partial charge in [-0.15, -0.1) is 11.8 Å². The lowest BCUT2D eigenvalue weighted by Crippen LogP contribution is -2.03. The second kappa shape index (κ2) is 6.81. The van der Waals surface area contributed by atoms with E-state index in [1.807, 2.05) is 13.8 Å². The van der Waals surface area contributed by atoms with Crippen molar-refractivity contribution in [2.75, 3.05) is 12.9 Å². The van der Waals surface area contributed by atoms with Crippen molar-refractivity contribution in [1.29, 1.82) is 0 Å². The largest absolute Gasteiger partial charge is 0.469 e. The minimum Gasteiger partial charge on any atom is -0.469 e. The number of hydrogen-bond acceptors (Lipinski definition) is 5. The van der Waals surface area contributed by atoms with Gasteiger partial charge < -0.3 is 4.74 Å². The minimum absolute atomic E-state index is 0.217. The standard InChI is InChI=1S/C11H15ClN2O2S/c1-4-8-13-10(12)7(2)11(14-8)17-6-5-9(15)16-3/h4-6H2,1-3H3. The number of hydrogen-bond donors (Lipinski definition) is 0. The number of methoxy groups -OCH3 is 1. The summed E-state index contributed by atoms with van der Waals surface area (Å²) in [7, 11) is 1.38. The monoisotopic (exact) mass is 274 g/mol. The summed E-state index contributed by atoms with van der Waals surface area (Å²) in [5, 5.41) is 1.32. The van der Waals surface area contributed by atoms with Gasteiger partial charge in [-0.05, 0) is 6.92 Å². The zero-order chi connectivity index (χ0) is 12.8. The average Bonchev–Trinajstić information content (AvgIpc) is 2.33. The normalized spacial score (nSPS) is 10.4. The number of nitrogens with zero attached hydrogens (tertiary/aromatic N) is 2. The molecule has 94 valence electrons. The van der Waals surface area contributed by atoms with E-state index in [0.29, 0.717) is 17.3 Å². The van der Waals surface area contributed by atoms with Gasteiger partial charge >= 0.3 is 5.97 Å². The molecule has 1 aromatic rings. The molecule has 0 fully saturated rings. The summed E-state index contributed by atoms with van der Waals surface area (Å²) in [6, 6.07) is 0. The van der Waals surface area contributed by atoms with Gasteiger partial charge in [0.25, 0.3) is 0 Å². The smallest absolute Gasteiger partial charge is 0.306 e. The molecule has 1 rings (SSSR count). The third kappa shape index (κ3) is 4.16. The Bertz CT molecular complexity index is 413. The first-order valence-electron chi connectivity index (χ1n) is 5.31. The summed E-state index contributed by atoms with van der Waals surface area (Å²) in [5.74, 6) is 1.14. The number of thioether (sulfide) groups is 1. The van der Waals surface area contributed by atoms with Crippen molar-refractivity contribution in [2.45, 2.75) is 31.7 Å². The molecule has 0 amide bonds. The number of aromatic nitrogens is 2. The first-order valence-corrected chi connectivity index (χ1v) is 6.67. The maximum atomic E-state index is 11.0. The quantitative estimate of drug-likeness (QED) is 0.469. The zero-order valence-corrected chi connectivity index (χ0v) is 11.7. The average molecular weight is 275 g/mol. The van der Waals surface area contributed by atoms with E-state index in [1.54, 1.807) is 0 Å². The SMILES string of the molecule is CCc1nc(Cl)c(C)c(SCCC(=O)OC)n1. The van der Waals surface area contributed by atoms with Gasteiger partial charge in [-0.1, -0.05) is 18.5 Å². The molecular weight excluding hydrogens is 260 g/mol. The fourth-order valence-corrected chi connectivity index (χ4v) is 2.33. The molecule has 6 heteroatoms. The van der Waals surface area contributed by atoms with Gasteiger partial charge in [0.1, 0.15) is 16.0 Å². The number of carbonyl (C=O) groups is 1. The Morgan fingerprint density at radius 3 is 2.76 bits per heavy atom. The number of rotatable bonds is 5. The number of carbonyl (C=O) groups excluding carboxylic acids is 1. The van der Waals surface area contributed by atoms with Crippen LogP contribution in [0.2, 0.25) is 5.15 Å². The summed E-state index contributed by atoms with van der Waals surface area (Å²) in [6.07, 6.45) is 1.11. The highest BCUT2D eigenvalue weighted by atomic mass is 35.5. The molecule has 0 N–H and O–H groups in total. The van der Waals surface area contributed by atoms with Gasteiger partial charge in [-0.3, -0.25) is 4.79 Å². The topological polar surface area (TPSA) is 52.1 Å². The van der Waals surface area contributed by atoms with Crippen LogP contribution in [0.15, 0.2) is 5.03 Å². The van der Waals surface area contributed by atoms with Gasteiger partial charge in [0, 0.05) is 17.7 Å². The molecule has 0 saturated carbocycles. The fourth-order valence-electron chi connectivity index (χ4n) is 1.14. The van der Waals surface area contributed by atoms with Crippen LogP contribution >= 0.6 is 23.4 Å². The van der Waals surface area contributed by atoms with Gasteiger partial charge in [-0.2, -0.15) is 0 Å². The summed E-state index contributed by atoms with van der Waals surface area (Å²) < 4.78 is 4.58. The van der Waals surface area contributed by atoms with Gasteiger partial charge in [0.15, 0.2) is 0 Å². The van der Waals surface area contributed by atoms with Crippen LogP contribution in [0.1, 0.15) is 24.7 Å². The van der Waals surface area contributed by atoms with Crippen molar-refractivity contribution in [1.82, 2.24) is 9.97 Å². The number of halogens is 1. The summed E-state index contributed by atoms with van der Waals surface area (Å²) in [5.41, 5.74) is 0.860. The van der Waals surface area contributed by atoms with Crippen LogP contribution in [0.25, 0.3) is 0 Å². The molecule has 0 spiro atoms. The third-order valence-corrected chi connectivity index (χ3v) is 3.62. The van der Waals surface area contributed by atoms with E-state index >= 15 is 0 Å². The zero-order valence-electron chi connectivity index (χ0n) is 10.1. The van der Waals surface area contributed by atoms with Crippen LogP contribution < -0.4 is 0 Å². The van der Waals surface area contributed by atoms with E-state index in [2.05, 4.69) is 14.7 Å². The second-order valence-electron chi connectivity index (χ2n) is 3.39. The van der Waals surface area contributed by atoms with Crippen molar-refractivity contribution in [3.63, 3.8) is 0 Å². The van der Waals surface area contributed by atoms with Crippen molar-refractivity contribution in [3.8, 4) is 0 Å². The molecule has 1 aromatic heterocycles. The fraction of sp³-hybridized carbons (Fsp3) is 0.545. The third-order valence-electron chi connectivity index (χ3n) is 2.18. The molecule has 0 radical (unpaired) electrons. The Kier molecular flexibility index (Phi) is 5.71. The van der Waals surface area contributed by atoms with Crippen LogP contribution in [-0.4, -0.2) is 28.8 Å². The molecule has 0 aliphatic heterocycles. The molecule has 0 unspecified atom stereocenters. The molecule has 0 aliphatic carbocycles. The van der Waals surface area contributed by atoms with E-state index in [0.717, 1.165) is 22.8 Å². The van der Waals surface area contributed by atoms with Crippen molar-refractivity contribution in [2.24, 2.45) is 0 Å². The molecular formula is C11H15ClN2O2S. The number of aryl methyl sites for hydroxylation is 1. The Morgan fingerprint density at radius 2 is 2.18 bits per heavy atom. The highest BCUT2D eigenvalue weighted by Crippen LogP contribution is 2.25. The molecule has 0 aromatic carbocycles. The summed E-state index contributed by atoms with van der Waals surface area (Å²) in [6.45, 7) is 3.85. The van der Waals surface area contributed by atoms with Gasteiger partial charge in [0.05, 0.1) is 13.5 Å². The first-order chi connectivity index (χ1) is 8.08. The van der Waals surface area contributed by atoms with E-state index < -0.39 is 0 Å². The van der Waals surface area contributed by atoms with E-state index in [9.17, 15) is 4.79 Å². The lowest BCUT2D eigenvalue weighted by molar-refractivity contribution is -0.140. The van der Waals surface area contributed by atoms with E-state index in [1.165, 1.54) is 18.9 Å². The Balaban J connectivity index is 2.69. The highest BCUT2D eigenvalue weighted by Gasteiger charge is 2.10. The predicted molar refractivity (Wildman–Crippen MR) is 68.5 cm³/mol. The van der Waals surface area contributed by atoms with Crippen LogP contribution in [0, 0.1) is 6.92 Å². The summed E-state index contributed by atoms with van der Waals surface area (Å²) in [4.78, 5) is 19.5. The molecule has 4 nitrogen and oxygen atoms in total. The Morgan fingerprint density at radius 1 is 1.47 bits per heavy atom. The molecule has 0 aliphatic rings. The number of esters is 1. The minimum atomic E-state index is -0.217. The highest BCUT2D eigenvalue weighted by molar-refractivity contribution is 7.99. The Labute approximate surface area is 110 Å². The molecule has 17 heavy (non-hydrogen) atoms. The van der Waals surface area contributed by atoms with Gasteiger partial charge in [0.2, 0.25) is 0 Å². The maximum Gasteiger partial charge on any atom is 0.306 e. The van der Waals surface area contributed by atoms with Crippen molar-refractivity contribution >= 4 is 29.3 Å². The molecule has 0 bridgehead atoms. The molecule has 0 saturated heterocycles. The van der Waals surface area contributed by atoms with E-state index in [-0.39, 0.29) is 5.97 Å². The second-order valence-corrected chi connectivity index (χ2v) is 4.83. The molecule has 1 heterocycles.